The average molecular weight is 613 g/mol. The fourth-order valence-electron chi connectivity index (χ4n) is 4.78. The molecule has 0 radical (unpaired) electrons. The molecule has 1 aliphatic heterocycles. The predicted molar refractivity (Wildman–Crippen MR) is 175 cm³/mol. The van der Waals surface area contributed by atoms with Crippen molar-refractivity contribution in [1.82, 2.24) is 4.90 Å². The van der Waals surface area contributed by atoms with Crippen LogP contribution in [0.1, 0.15) is 130 Å². The van der Waals surface area contributed by atoms with Crippen LogP contribution in [0.4, 0.5) is 0 Å². The summed E-state index contributed by atoms with van der Waals surface area (Å²) in [5, 5.41) is 9.49. The summed E-state index contributed by atoms with van der Waals surface area (Å²) in [4.78, 5) is 26.6. The molecule has 42 heavy (non-hydrogen) atoms. The molecule has 0 bridgehead atoms. The molecule has 0 N–H and O–H groups in total. The molecule has 8 nitrogen and oxygen atoms in total. The van der Waals surface area contributed by atoms with E-state index in [1.54, 1.807) is 19.1 Å². The van der Waals surface area contributed by atoms with Crippen LogP contribution in [-0.2, 0) is 24.4 Å². The van der Waals surface area contributed by atoms with Crippen LogP contribution in [0.2, 0.25) is 0 Å². The van der Waals surface area contributed by atoms with Crippen LogP contribution in [0.25, 0.3) is 0 Å². The van der Waals surface area contributed by atoms with Crippen molar-refractivity contribution in [2.75, 3.05) is 13.7 Å². The summed E-state index contributed by atoms with van der Waals surface area (Å²) in [6.45, 7) is 6.33. The van der Waals surface area contributed by atoms with Gasteiger partial charge in [0.15, 0.2) is 0 Å². The number of rotatable bonds is 11. The van der Waals surface area contributed by atoms with Crippen LogP contribution < -0.4 is 18.9 Å². The summed E-state index contributed by atoms with van der Waals surface area (Å²) in [5.74, 6) is -0.859. The number of hydrogen-bond donors (Lipinski definition) is 0. The molecule has 10 heteroatoms. The van der Waals surface area contributed by atoms with Gasteiger partial charge in [0, 0.05) is 24.9 Å². The first-order valence-electron chi connectivity index (χ1n) is 11.3. The maximum absolute atomic E-state index is 12.8. The molecule has 2 rings (SSSR count). The van der Waals surface area contributed by atoms with Gasteiger partial charge in [-0.2, -0.15) is 5.26 Å². The van der Waals surface area contributed by atoms with Gasteiger partial charge in [0.25, 0.3) is 0 Å². The smallest absolute Gasteiger partial charge is 0.744 e. The number of amides is 1. The second-order valence-corrected chi connectivity index (χ2v) is 10.6. The first kappa shape index (κ1) is 59.5. The van der Waals surface area contributed by atoms with Crippen molar-refractivity contribution < 1.29 is 46.2 Å². The van der Waals surface area contributed by atoms with Crippen molar-refractivity contribution in [1.29, 1.82) is 5.26 Å². The average Bonchev–Trinajstić information content (AvgIpc) is 3.21. The van der Waals surface area contributed by atoms with E-state index in [9.17, 15) is 27.8 Å². The van der Waals surface area contributed by atoms with Crippen molar-refractivity contribution in [3.63, 3.8) is 0 Å². The van der Waals surface area contributed by atoms with E-state index < -0.39 is 21.5 Å². The minimum atomic E-state index is -4.58. The minimum Gasteiger partial charge on any atom is -0.744 e. The zero-order chi connectivity index (χ0) is 24.8. The van der Waals surface area contributed by atoms with Crippen molar-refractivity contribution in [2.45, 2.75) is 136 Å². The van der Waals surface area contributed by atoms with Gasteiger partial charge in [-0.25, -0.2) is 8.42 Å². The molecule has 0 saturated carbocycles. The minimum absolute atomic E-state index is 0. The van der Waals surface area contributed by atoms with Crippen LogP contribution in [0.15, 0.2) is 29.2 Å². The summed E-state index contributed by atoms with van der Waals surface area (Å²) in [6, 6.07) is 7.89. The van der Waals surface area contributed by atoms with Crippen LogP contribution in [0.5, 0.6) is 0 Å². The quantitative estimate of drug-likeness (QED) is 0.179. The van der Waals surface area contributed by atoms with Crippen molar-refractivity contribution in [2.24, 2.45) is 11.3 Å². The topological polar surface area (TPSA) is 128 Å². The van der Waals surface area contributed by atoms with Crippen molar-refractivity contribution in [3.05, 3.63) is 29.8 Å². The van der Waals surface area contributed by atoms with E-state index in [1.165, 1.54) is 19.2 Å². The first-order valence-corrected chi connectivity index (χ1v) is 12.7. The molecule has 1 heterocycles. The Labute approximate surface area is 273 Å². The van der Waals surface area contributed by atoms with Crippen molar-refractivity contribution in [3.8, 4) is 6.07 Å². The van der Waals surface area contributed by atoms with Gasteiger partial charge in [-0.1, -0.05) is 78.5 Å². The molecule has 0 aromatic heterocycles. The number of methoxy groups -OCH3 is 1. The maximum Gasteiger partial charge on any atom is 1.00 e. The molecule has 1 saturated heterocycles. The number of esters is 1. The third-order valence-corrected chi connectivity index (χ3v) is 7.50. The normalized spacial score (nSPS) is 14.8. The molecule has 0 aliphatic carbocycles. The number of nitriles is 1. The Morgan fingerprint density at radius 2 is 1.57 bits per heavy atom. The number of ether oxygens (including phenoxy) is 1. The molecule has 0 spiro atoms. The van der Waals surface area contributed by atoms with E-state index in [-0.39, 0.29) is 107 Å². The van der Waals surface area contributed by atoms with Crippen LogP contribution in [-0.4, -0.2) is 49.4 Å². The summed E-state index contributed by atoms with van der Waals surface area (Å²) in [5.41, 5.74) is -0.186. The molecular weight excluding hydrogens is 547 g/mol. The largest absolute Gasteiger partial charge is 1.00 e. The first-order chi connectivity index (χ1) is 15.4. The summed E-state index contributed by atoms with van der Waals surface area (Å²) in [6.07, 6.45) is 3.16. The van der Waals surface area contributed by atoms with E-state index in [0.717, 1.165) is 12.0 Å². The van der Waals surface area contributed by atoms with Gasteiger partial charge in [0.2, 0.25) is 5.91 Å². The zero-order valence-electron chi connectivity index (χ0n) is 20.7. The predicted octanol–water partition coefficient (Wildman–Crippen LogP) is 5.68. The van der Waals surface area contributed by atoms with E-state index >= 15 is 0 Å². The Morgan fingerprint density at radius 3 is 1.93 bits per heavy atom. The van der Waals surface area contributed by atoms with Gasteiger partial charge < -0.3 is 14.2 Å². The Kier molecular flexibility index (Phi) is 36.3. The fourth-order valence-corrected chi connectivity index (χ4v) is 5.25. The number of hydrogen-bond acceptors (Lipinski definition) is 7. The molecule has 4 atom stereocenters. The van der Waals surface area contributed by atoms with Gasteiger partial charge >= 0.3 is 24.8 Å². The number of carbonyl (C=O) groups is 2. The van der Waals surface area contributed by atoms with Gasteiger partial charge in [-0.3, -0.25) is 9.59 Å². The molecule has 1 aromatic rings. The monoisotopic (exact) mass is 612 g/mol. The Morgan fingerprint density at radius 1 is 1.07 bits per heavy atom. The fraction of sp³-hybridized carbons (Fsp3) is 0.719. The summed E-state index contributed by atoms with van der Waals surface area (Å²) < 4.78 is 39.2. The molecule has 1 aliphatic rings. The van der Waals surface area contributed by atoms with Gasteiger partial charge in [0.1, 0.15) is 10.1 Å². The zero-order valence-corrected chi connectivity index (χ0v) is 21.6. The van der Waals surface area contributed by atoms with Gasteiger partial charge in [-0.15, -0.1) is 0 Å². The van der Waals surface area contributed by atoms with Gasteiger partial charge in [-0.05, 0) is 69.6 Å². The van der Waals surface area contributed by atoms with E-state index in [0.29, 0.717) is 38.6 Å². The van der Waals surface area contributed by atoms with Crippen molar-refractivity contribution >= 4 is 22.0 Å². The third-order valence-electron chi connectivity index (χ3n) is 6.66. The van der Waals surface area contributed by atoms with E-state index in [2.05, 4.69) is 6.07 Å². The van der Waals surface area contributed by atoms with Crippen LogP contribution >= 0.6 is 0 Å². The molecule has 246 valence electrons. The number of nitrogens with zero attached hydrogens (tertiary/aromatic N) is 2. The molecule has 1 aromatic carbocycles. The Bertz CT molecular complexity index is 995. The number of carbonyl (C=O) groups excluding carboxylic acids is 2. The third kappa shape index (κ3) is 15.6. The second-order valence-electron chi connectivity index (χ2n) is 9.19. The number of likely N-dealkylation sites (tertiary alicyclic amines) is 1. The SMILES string of the molecule is C.C.C.C.C.C.C.C.CCC(C#N)CC(C)(CC(CC(C)N1CCCC1=O)c1ccc(S(=O)(=O)[O-])cc1)C(=O)OC.[Li+]. The standard InChI is InChI=1S/C24H34N2O6S.8CH4.Li/c1-5-18(16-25)14-24(3,23(28)32-4)15-20(13-17(2)26-12-6-7-22(26)27)19-8-10-21(11-9-19)33(29,30)31;;;;;;;;;/h8-11,17-18,20H,5-7,12-15H2,1-4H3,(H,29,30,31);8*1H4;/q;;;;;;;;;+1/p-1. The molecule has 1 amide bonds. The van der Waals surface area contributed by atoms with Crippen LogP contribution in [0, 0.1) is 22.7 Å². The summed E-state index contributed by atoms with van der Waals surface area (Å²) in [7, 11) is -3.26. The number of benzene rings is 1. The molecular formula is C32H65LiN2O6S. The van der Waals surface area contributed by atoms with Gasteiger partial charge in [0.05, 0.1) is 23.5 Å². The van der Waals surface area contributed by atoms with Crippen LogP contribution in [0.3, 0.4) is 0 Å². The molecule has 4 unspecified atom stereocenters. The van der Waals surface area contributed by atoms with E-state index in [4.69, 9.17) is 4.74 Å². The second kappa shape index (κ2) is 25.6. The van der Waals surface area contributed by atoms with E-state index in [1.807, 2.05) is 18.7 Å². The molecule has 1 fully saturated rings. The Hall–Kier alpha value is -1.84. The maximum atomic E-state index is 12.8. The summed E-state index contributed by atoms with van der Waals surface area (Å²) >= 11 is 0. The Balaban J connectivity index is -0.000000214.